The van der Waals surface area contributed by atoms with E-state index in [4.69, 9.17) is 0 Å². The van der Waals surface area contributed by atoms with Crippen molar-refractivity contribution in [1.82, 2.24) is 9.88 Å². The van der Waals surface area contributed by atoms with Gasteiger partial charge in [-0.1, -0.05) is 78.9 Å². The monoisotopic (exact) mass is 389 g/mol. The molecule has 0 bridgehead atoms. The van der Waals surface area contributed by atoms with E-state index < -0.39 is 0 Å². The summed E-state index contributed by atoms with van der Waals surface area (Å²) < 4.78 is 1.80. The van der Waals surface area contributed by atoms with Gasteiger partial charge in [0.25, 0.3) is 5.56 Å². The Morgan fingerprint density at radius 2 is 1.43 bits per heavy atom. The van der Waals surface area contributed by atoms with Gasteiger partial charge in [0.05, 0.1) is 12.2 Å². The highest BCUT2D eigenvalue weighted by Crippen LogP contribution is 2.32. The Bertz CT molecular complexity index is 1220. The molecular formula is C27H21N2O. The van der Waals surface area contributed by atoms with Crippen molar-refractivity contribution in [2.75, 3.05) is 0 Å². The highest BCUT2D eigenvalue weighted by molar-refractivity contribution is 5.71. The van der Waals surface area contributed by atoms with Crippen LogP contribution in [0.2, 0.25) is 0 Å². The highest BCUT2D eigenvalue weighted by atomic mass is 16.1. The largest absolute Gasteiger partial charge is 0.311 e. The van der Waals surface area contributed by atoms with Crippen LogP contribution in [0, 0.1) is 0 Å². The van der Waals surface area contributed by atoms with Crippen LogP contribution in [0.15, 0.2) is 108 Å². The van der Waals surface area contributed by atoms with Gasteiger partial charge < -0.3 is 4.57 Å². The van der Waals surface area contributed by atoms with Crippen LogP contribution >= 0.6 is 0 Å². The van der Waals surface area contributed by atoms with Crippen LogP contribution in [0.3, 0.4) is 0 Å². The van der Waals surface area contributed by atoms with Gasteiger partial charge in [-0.2, -0.15) is 0 Å². The molecule has 0 N–H and O–H groups in total. The van der Waals surface area contributed by atoms with E-state index in [0.29, 0.717) is 6.54 Å². The number of pyridine rings is 1. The zero-order valence-electron chi connectivity index (χ0n) is 16.5. The second-order valence-corrected chi connectivity index (χ2v) is 7.48. The number of nitrogens with zero attached hydrogens (tertiary/aromatic N) is 2. The Labute approximate surface area is 176 Å². The Kier molecular flexibility index (Phi) is 4.78. The molecule has 3 aromatic carbocycles. The average Bonchev–Trinajstić information content (AvgIpc) is 3.28. The summed E-state index contributed by atoms with van der Waals surface area (Å²) in [6.45, 7) is 0.520. The van der Waals surface area contributed by atoms with Crippen LogP contribution in [0.25, 0.3) is 6.08 Å². The van der Waals surface area contributed by atoms with E-state index in [1.165, 1.54) is 11.1 Å². The Balaban J connectivity index is 1.58. The summed E-state index contributed by atoms with van der Waals surface area (Å²) >= 11 is 0. The molecule has 0 aliphatic carbocycles. The maximum atomic E-state index is 12.7. The molecule has 0 saturated carbocycles. The van der Waals surface area contributed by atoms with E-state index in [9.17, 15) is 4.79 Å². The molecule has 0 amide bonds. The first-order valence-corrected chi connectivity index (χ1v) is 10.1. The predicted octanol–water partition coefficient (Wildman–Crippen LogP) is 5.30. The van der Waals surface area contributed by atoms with Gasteiger partial charge in [-0.3, -0.25) is 10.1 Å². The quantitative estimate of drug-likeness (QED) is 0.456. The van der Waals surface area contributed by atoms with Crippen LogP contribution in [0.5, 0.6) is 0 Å². The summed E-state index contributed by atoms with van der Waals surface area (Å²) in [5.41, 5.74) is 6.66. The van der Waals surface area contributed by atoms with E-state index in [-0.39, 0.29) is 11.5 Å². The summed E-state index contributed by atoms with van der Waals surface area (Å²) in [4.78, 5) is 12.7. The van der Waals surface area contributed by atoms with Crippen LogP contribution < -0.4 is 10.9 Å². The van der Waals surface area contributed by atoms with Gasteiger partial charge in [0, 0.05) is 29.9 Å². The normalized spacial score (nSPS) is 12.0. The third-order valence-electron chi connectivity index (χ3n) is 5.57. The molecule has 5 rings (SSSR count). The second kappa shape index (κ2) is 7.88. The molecule has 0 atom stereocenters. The molecule has 145 valence electrons. The van der Waals surface area contributed by atoms with Crippen LogP contribution in [0.1, 0.15) is 33.7 Å². The zero-order chi connectivity index (χ0) is 20.3. The lowest BCUT2D eigenvalue weighted by molar-refractivity contribution is 0.743. The lowest BCUT2D eigenvalue weighted by Gasteiger charge is -2.20. The topological polar surface area (TPSA) is 36.1 Å². The molecule has 0 fully saturated rings. The first-order valence-electron chi connectivity index (χ1n) is 10.1. The number of fused-ring (bicyclic) bond motifs is 1. The van der Waals surface area contributed by atoms with Gasteiger partial charge in [-0.15, -0.1) is 0 Å². The van der Waals surface area contributed by atoms with Gasteiger partial charge in [0.1, 0.15) is 0 Å². The third kappa shape index (κ3) is 3.46. The highest BCUT2D eigenvalue weighted by Gasteiger charge is 2.18. The minimum atomic E-state index is -0.00450. The minimum absolute atomic E-state index is 0.00450. The summed E-state index contributed by atoms with van der Waals surface area (Å²) in [7, 11) is 0. The van der Waals surface area contributed by atoms with E-state index in [0.717, 1.165) is 22.4 Å². The van der Waals surface area contributed by atoms with Crippen LogP contribution in [0.4, 0.5) is 5.69 Å². The van der Waals surface area contributed by atoms with Gasteiger partial charge in [-0.25, -0.2) is 0 Å². The first kappa shape index (κ1) is 18.2. The fourth-order valence-electron chi connectivity index (χ4n) is 4.13. The molecule has 30 heavy (non-hydrogen) atoms. The standard InChI is InChI=1S/C27H21N2O/c30-26-15-14-23(19-29(26)18-22-12-7-13-25-24(22)16-17-28-25)27(20-8-3-1-4-9-20)21-10-5-2-6-11-21/h1-17,19,27H,18H2. The van der Waals surface area contributed by atoms with Crippen molar-refractivity contribution in [3.8, 4) is 0 Å². The van der Waals surface area contributed by atoms with E-state index >= 15 is 0 Å². The molecular weight excluding hydrogens is 368 g/mol. The molecule has 0 saturated heterocycles. The zero-order valence-corrected chi connectivity index (χ0v) is 16.5. The predicted molar refractivity (Wildman–Crippen MR) is 121 cm³/mol. The molecule has 0 spiro atoms. The Morgan fingerprint density at radius 1 is 0.733 bits per heavy atom. The van der Waals surface area contributed by atoms with Crippen molar-refractivity contribution in [3.05, 3.63) is 142 Å². The van der Waals surface area contributed by atoms with Crippen LogP contribution in [-0.4, -0.2) is 4.57 Å². The molecule has 3 nitrogen and oxygen atoms in total. The molecule has 2 heterocycles. The summed E-state index contributed by atoms with van der Waals surface area (Å²) in [6.07, 6.45) is 5.83. The number of aromatic nitrogens is 1. The first-order chi connectivity index (χ1) is 14.8. The van der Waals surface area contributed by atoms with E-state index in [1.54, 1.807) is 10.6 Å². The van der Waals surface area contributed by atoms with Crippen molar-refractivity contribution < 1.29 is 0 Å². The lowest BCUT2D eigenvalue weighted by atomic mass is 9.86. The SMILES string of the molecule is O=c1ccc(C(c2ccccc2)c2ccccc2)cn1Cc1cccc2c1C=C[N]2. The van der Waals surface area contributed by atoms with Crippen LogP contribution in [-0.2, 0) is 6.54 Å². The van der Waals surface area contributed by atoms with Gasteiger partial charge in [-0.05, 0) is 34.4 Å². The molecule has 1 aromatic heterocycles. The van der Waals surface area contributed by atoms with Crippen molar-refractivity contribution >= 4 is 11.8 Å². The van der Waals surface area contributed by atoms with E-state index in [1.807, 2.05) is 48.8 Å². The van der Waals surface area contributed by atoms with E-state index in [2.05, 4.69) is 59.9 Å². The van der Waals surface area contributed by atoms with Crippen molar-refractivity contribution in [3.63, 3.8) is 0 Å². The molecule has 1 aliphatic rings. The molecule has 0 unspecified atom stereocenters. The molecule has 4 aromatic rings. The smallest absolute Gasteiger partial charge is 0.250 e. The van der Waals surface area contributed by atoms with Gasteiger partial charge in [0.2, 0.25) is 0 Å². The number of hydrogen-bond donors (Lipinski definition) is 0. The summed E-state index contributed by atoms with van der Waals surface area (Å²) in [6, 6.07) is 30.6. The number of benzene rings is 3. The maximum Gasteiger partial charge on any atom is 0.250 e. The second-order valence-electron chi connectivity index (χ2n) is 7.48. The van der Waals surface area contributed by atoms with Crippen molar-refractivity contribution in [2.45, 2.75) is 12.5 Å². The maximum absolute atomic E-state index is 12.7. The Hall–Kier alpha value is -3.85. The Morgan fingerprint density at radius 3 is 2.13 bits per heavy atom. The average molecular weight is 389 g/mol. The summed E-state index contributed by atoms with van der Waals surface area (Å²) in [5.74, 6) is 0.0654. The van der Waals surface area contributed by atoms with Crippen molar-refractivity contribution in [2.24, 2.45) is 0 Å². The third-order valence-corrected chi connectivity index (χ3v) is 5.57. The summed E-state index contributed by atoms with van der Waals surface area (Å²) in [5, 5.41) is 4.38. The molecule has 3 heteroatoms. The lowest BCUT2D eigenvalue weighted by Crippen LogP contribution is -2.21. The molecule has 1 aliphatic heterocycles. The number of rotatable bonds is 5. The fraction of sp³-hybridized carbons (Fsp3) is 0.0741. The molecule has 1 radical (unpaired) electrons. The fourth-order valence-corrected chi connectivity index (χ4v) is 4.13. The van der Waals surface area contributed by atoms with Gasteiger partial charge >= 0.3 is 0 Å². The van der Waals surface area contributed by atoms with Crippen molar-refractivity contribution in [1.29, 1.82) is 0 Å². The van der Waals surface area contributed by atoms with Gasteiger partial charge in [0.15, 0.2) is 0 Å². The number of hydrogen-bond acceptors (Lipinski definition) is 1. The minimum Gasteiger partial charge on any atom is -0.311 e.